The Labute approximate surface area is 67.8 Å². The van der Waals surface area contributed by atoms with Crippen LogP contribution in [0, 0.1) is 0 Å². The molecule has 0 aliphatic carbocycles. The van der Waals surface area contributed by atoms with Crippen LogP contribution in [0.4, 0.5) is 0 Å². The summed E-state index contributed by atoms with van der Waals surface area (Å²) in [5, 5.41) is 11.0. The van der Waals surface area contributed by atoms with Crippen molar-refractivity contribution >= 4 is 40.0 Å². The summed E-state index contributed by atoms with van der Waals surface area (Å²) >= 11 is 6.59. The van der Waals surface area contributed by atoms with Crippen LogP contribution in [0.2, 0.25) is 0 Å². The van der Waals surface area contributed by atoms with Crippen molar-refractivity contribution in [2.75, 3.05) is 4.43 Å². The van der Waals surface area contributed by atoms with E-state index in [4.69, 9.17) is 5.11 Å². The topological polar surface area (TPSA) is 32.3 Å². The summed E-state index contributed by atoms with van der Waals surface area (Å²) in [6.45, 7) is 1.95. The maximum absolute atomic E-state index is 8.47. The number of aliphatic hydroxyl groups excluding tert-OH is 1. The van der Waals surface area contributed by atoms with Gasteiger partial charge < -0.3 is 10.4 Å². The van der Waals surface area contributed by atoms with Crippen LogP contribution in [0.1, 0.15) is 6.92 Å². The van der Waals surface area contributed by atoms with Gasteiger partial charge in [0.2, 0.25) is 0 Å². The highest BCUT2D eigenvalue weighted by Crippen LogP contribution is 1.88. The molecule has 0 aromatic rings. The van der Waals surface area contributed by atoms with E-state index < -0.39 is 0 Å². The first kappa shape index (κ1) is 8.42. The number of aliphatic hydroxyl groups is 1. The summed E-state index contributed by atoms with van der Waals surface area (Å²) in [4.78, 5) is 0. The van der Waals surface area contributed by atoms with E-state index in [2.05, 4.69) is 40.1 Å². The summed E-state index contributed by atoms with van der Waals surface area (Å²) in [5.41, 5.74) is 0. The fraction of sp³-hybridized carbons (Fsp3) is 0.750. The van der Waals surface area contributed by atoms with Crippen LogP contribution in [0.3, 0.4) is 0 Å². The number of hydrogen-bond acceptors (Lipinski definition) is 1. The molecule has 0 aromatic carbocycles. The summed E-state index contributed by atoms with van der Waals surface area (Å²) < 4.78 is 0.943. The molecule has 0 bridgehead atoms. The molecule has 8 heavy (non-hydrogen) atoms. The molecule has 0 saturated carbocycles. The highest BCUT2D eigenvalue weighted by molar-refractivity contribution is 14.1. The van der Waals surface area contributed by atoms with Crippen LogP contribution in [0.25, 0.3) is 0 Å². The number of halogens is 1. The van der Waals surface area contributed by atoms with E-state index in [0.29, 0.717) is 0 Å². The second kappa shape index (κ2) is 4.31. The van der Waals surface area contributed by atoms with Crippen LogP contribution in [-0.4, -0.2) is 20.8 Å². The van der Waals surface area contributed by atoms with Crippen LogP contribution in [0.5, 0.6) is 0 Å². The Hall–Kier alpha value is 0.420. The predicted octanol–water partition coefficient (Wildman–Crippen LogP) is 1.24. The van der Waals surface area contributed by atoms with Gasteiger partial charge in [0.25, 0.3) is 5.17 Å². The molecule has 0 aliphatic rings. The lowest BCUT2D eigenvalue weighted by atomic mass is 10.4. The lowest BCUT2D eigenvalue weighted by Gasteiger charge is -2.06. The molecule has 0 fully saturated rings. The van der Waals surface area contributed by atoms with Gasteiger partial charge in [0.1, 0.15) is 0 Å². The largest absolute Gasteiger partial charge is 0.487 e. The Balaban J connectivity index is 3.24. The molecular formula is C4H8INOS. The Morgan fingerprint density at radius 1 is 2.00 bits per heavy atom. The molecule has 0 heterocycles. The average Bonchev–Trinajstić information content (AvgIpc) is 1.65. The first-order chi connectivity index (χ1) is 3.66. The zero-order chi connectivity index (χ0) is 6.57. The van der Waals surface area contributed by atoms with Crippen LogP contribution < -0.4 is 5.32 Å². The van der Waals surface area contributed by atoms with E-state index in [0.717, 1.165) is 4.43 Å². The molecule has 1 unspecified atom stereocenters. The number of nitrogens with one attached hydrogen (secondary N) is 1. The summed E-state index contributed by atoms with van der Waals surface area (Å²) in [6.07, 6.45) is 0. The van der Waals surface area contributed by atoms with Crippen molar-refractivity contribution in [3.63, 3.8) is 0 Å². The predicted molar refractivity (Wildman–Crippen MR) is 46.7 cm³/mol. The molecule has 0 aliphatic heterocycles. The van der Waals surface area contributed by atoms with Crippen molar-refractivity contribution in [2.24, 2.45) is 0 Å². The molecule has 0 amide bonds. The van der Waals surface area contributed by atoms with E-state index >= 15 is 0 Å². The second-order valence-corrected chi connectivity index (χ2v) is 2.77. The Morgan fingerprint density at radius 2 is 2.50 bits per heavy atom. The monoisotopic (exact) mass is 245 g/mol. The average molecular weight is 245 g/mol. The first-order valence-corrected chi connectivity index (χ1v) is 4.15. The molecule has 0 saturated heterocycles. The van der Waals surface area contributed by atoms with Crippen molar-refractivity contribution in [3.05, 3.63) is 0 Å². The molecule has 2 N–H and O–H groups in total. The number of alkyl halides is 1. The van der Waals surface area contributed by atoms with Gasteiger partial charge >= 0.3 is 0 Å². The van der Waals surface area contributed by atoms with Crippen LogP contribution in [0.15, 0.2) is 0 Å². The van der Waals surface area contributed by atoms with Crippen molar-refractivity contribution in [1.82, 2.24) is 5.32 Å². The van der Waals surface area contributed by atoms with E-state index in [1.165, 1.54) is 0 Å². The van der Waals surface area contributed by atoms with Crippen molar-refractivity contribution in [1.29, 1.82) is 0 Å². The first-order valence-electron chi connectivity index (χ1n) is 2.22. The van der Waals surface area contributed by atoms with E-state index in [9.17, 15) is 0 Å². The van der Waals surface area contributed by atoms with Gasteiger partial charge in [-0.2, -0.15) is 0 Å². The smallest absolute Gasteiger partial charge is 0.254 e. The third kappa shape index (κ3) is 4.58. The van der Waals surface area contributed by atoms with Gasteiger partial charge in [0, 0.05) is 10.5 Å². The molecule has 0 radical (unpaired) electrons. The number of rotatable bonds is 2. The molecule has 4 heteroatoms. The molecule has 2 nitrogen and oxygen atoms in total. The van der Waals surface area contributed by atoms with E-state index in [-0.39, 0.29) is 11.2 Å². The molecule has 48 valence electrons. The second-order valence-electron chi connectivity index (χ2n) is 1.50. The third-order valence-electron chi connectivity index (χ3n) is 0.601. The van der Waals surface area contributed by atoms with Crippen LogP contribution >= 0.6 is 34.8 Å². The fourth-order valence-electron chi connectivity index (χ4n) is 0.249. The third-order valence-corrected chi connectivity index (χ3v) is 2.04. The number of thiocarbonyl (C=S) groups is 1. The standard InChI is InChI=1S/C4H8INOS/c1-3(2-5)6-4(7)8/h3H,2H2,1H3,(H2,6,7,8). The molecule has 0 spiro atoms. The van der Waals surface area contributed by atoms with Crippen molar-refractivity contribution < 1.29 is 5.11 Å². The van der Waals surface area contributed by atoms with Gasteiger partial charge in [0.15, 0.2) is 0 Å². The van der Waals surface area contributed by atoms with Crippen molar-refractivity contribution in [2.45, 2.75) is 13.0 Å². The summed E-state index contributed by atoms with van der Waals surface area (Å²) in [7, 11) is 0. The lowest BCUT2D eigenvalue weighted by Crippen LogP contribution is -2.31. The minimum atomic E-state index is -0.117. The summed E-state index contributed by atoms with van der Waals surface area (Å²) in [5.74, 6) is 0. The Kier molecular flexibility index (Phi) is 4.54. The van der Waals surface area contributed by atoms with Gasteiger partial charge in [-0.3, -0.25) is 0 Å². The number of hydrogen-bond donors (Lipinski definition) is 2. The zero-order valence-corrected chi connectivity index (χ0v) is 7.49. The Morgan fingerprint density at radius 3 is 2.62 bits per heavy atom. The highest BCUT2D eigenvalue weighted by Gasteiger charge is 1.97. The van der Waals surface area contributed by atoms with Gasteiger partial charge in [0.05, 0.1) is 0 Å². The fourth-order valence-corrected chi connectivity index (χ4v) is 0.671. The lowest BCUT2D eigenvalue weighted by molar-refractivity contribution is 0.517. The van der Waals surface area contributed by atoms with E-state index in [1.54, 1.807) is 0 Å². The quantitative estimate of drug-likeness (QED) is 0.436. The van der Waals surface area contributed by atoms with Gasteiger partial charge in [-0.05, 0) is 19.1 Å². The van der Waals surface area contributed by atoms with Crippen LogP contribution in [-0.2, 0) is 0 Å². The van der Waals surface area contributed by atoms with Gasteiger partial charge in [-0.25, -0.2) is 0 Å². The van der Waals surface area contributed by atoms with Gasteiger partial charge in [-0.1, -0.05) is 22.6 Å². The molecule has 1 atom stereocenters. The van der Waals surface area contributed by atoms with Gasteiger partial charge in [-0.15, -0.1) is 0 Å². The minimum Gasteiger partial charge on any atom is -0.487 e. The summed E-state index contributed by atoms with van der Waals surface area (Å²) in [6, 6.07) is 0.271. The van der Waals surface area contributed by atoms with Crippen molar-refractivity contribution in [3.8, 4) is 0 Å². The normalized spacial score (nSPS) is 12.8. The Bertz CT molecular complexity index is 88.1. The zero-order valence-electron chi connectivity index (χ0n) is 4.52. The maximum atomic E-state index is 8.47. The maximum Gasteiger partial charge on any atom is 0.254 e. The highest BCUT2D eigenvalue weighted by atomic mass is 127. The molecular weight excluding hydrogens is 237 g/mol. The minimum absolute atomic E-state index is 0.117. The molecule has 0 aromatic heterocycles. The molecule has 0 rings (SSSR count). The van der Waals surface area contributed by atoms with E-state index in [1.807, 2.05) is 6.92 Å². The SMILES string of the molecule is CC(CI)NC(O)=S.